The average molecular weight is 447 g/mol. The van der Waals surface area contributed by atoms with E-state index in [4.69, 9.17) is 4.42 Å². The number of carbonyl (C=O) groups excluding carboxylic acids is 1. The molecule has 5 rings (SSSR count). The zero-order valence-electron chi connectivity index (χ0n) is 18.3. The first-order chi connectivity index (χ1) is 15.6. The summed E-state index contributed by atoms with van der Waals surface area (Å²) in [6.45, 7) is 4.78. The third-order valence-electron chi connectivity index (χ3n) is 6.59. The Hall–Kier alpha value is -3.06. The molecule has 4 aromatic rings. The van der Waals surface area contributed by atoms with E-state index in [2.05, 4.69) is 33.5 Å². The molecule has 0 aliphatic heterocycles. The molecule has 0 radical (unpaired) electrons. The highest BCUT2D eigenvalue weighted by molar-refractivity contribution is 7.10. The summed E-state index contributed by atoms with van der Waals surface area (Å²) in [6.07, 6.45) is 5.83. The van der Waals surface area contributed by atoms with E-state index >= 15 is 0 Å². The van der Waals surface area contributed by atoms with Gasteiger partial charge in [0.2, 0.25) is 5.89 Å². The van der Waals surface area contributed by atoms with Gasteiger partial charge in [0.1, 0.15) is 5.69 Å². The number of thiophene rings is 1. The van der Waals surface area contributed by atoms with Crippen LogP contribution in [0.5, 0.6) is 0 Å². The zero-order valence-corrected chi connectivity index (χ0v) is 19.1. The Labute approximate surface area is 191 Å². The number of pyridine rings is 1. The van der Waals surface area contributed by atoms with Crippen LogP contribution in [-0.4, -0.2) is 27.6 Å². The molecule has 3 aromatic heterocycles. The second-order valence-corrected chi connectivity index (χ2v) is 9.67. The molecule has 1 amide bonds. The van der Waals surface area contributed by atoms with Crippen molar-refractivity contribution in [3.05, 3.63) is 63.8 Å². The maximum Gasteiger partial charge on any atom is 0.266 e. The fourth-order valence-corrected chi connectivity index (χ4v) is 5.33. The van der Waals surface area contributed by atoms with Crippen LogP contribution < -0.4 is 5.32 Å². The lowest BCUT2D eigenvalue weighted by Gasteiger charge is -2.26. The van der Waals surface area contributed by atoms with Crippen molar-refractivity contribution in [2.75, 3.05) is 6.54 Å². The number of hydrogen-bond acceptors (Lipinski definition) is 6. The minimum Gasteiger partial charge on any atom is -0.419 e. The van der Waals surface area contributed by atoms with Gasteiger partial charge in [-0.05, 0) is 62.5 Å². The van der Waals surface area contributed by atoms with E-state index in [1.54, 1.807) is 17.5 Å². The van der Waals surface area contributed by atoms with Gasteiger partial charge in [0.15, 0.2) is 0 Å². The molecule has 0 unspecified atom stereocenters. The Morgan fingerprint density at radius 3 is 2.72 bits per heavy atom. The minimum absolute atomic E-state index is 0.0399. The lowest BCUT2D eigenvalue weighted by atomic mass is 9.82. The number of rotatable bonds is 5. The van der Waals surface area contributed by atoms with Gasteiger partial charge in [-0.2, -0.15) is 0 Å². The van der Waals surface area contributed by atoms with E-state index in [9.17, 15) is 4.79 Å². The van der Waals surface area contributed by atoms with E-state index in [-0.39, 0.29) is 11.8 Å². The second kappa shape index (κ2) is 8.82. The summed E-state index contributed by atoms with van der Waals surface area (Å²) in [5.41, 5.74) is 2.63. The van der Waals surface area contributed by atoms with Crippen molar-refractivity contribution in [2.45, 2.75) is 45.4 Å². The summed E-state index contributed by atoms with van der Waals surface area (Å²) in [6, 6.07) is 10.1. The van der Waals surface area contributed by atoms with E-state index in [0.29, 0.717) is 17.7 Å². The van der Waals surface area contributed by atoms with Crippen molar-refractivity contribution in [1.82, 2.24) is 20.5 Å². The fourth-order valence-electron chi connectivity index (χ4n) is 4.47. The number of aromatic nitrogens is 3. The van der Waals surface area contributed by atoms with Gasteiger partial charge in [-0.25, -0.2) is 0 Å². The van der Waals surface area contributed by atoms with Crippen molar-refractivity contribution < 1.29 is 9.21 Å². The smallest absolute Gasteiger partial charge is 0.266 e. The standard InChI is InChI=1S/C25H26N4O2S/c1-15-16(2)32-14-21(15)23(30)27-13-17-7-9-19(10-8-17)24-28-29-25(31-24)22-20-6-4-3-5-18(20)11-12-26-22/h3-6,11-12,14,17,19H,7-10,13H2,1-2H3,(H,27,30). The highest BCUT2D eigenvalue weighted by atomic mass is 32.1. The molecular weight excluding hydrogens is 420 g/mol. The van der Waals surface area contributed by atoms with Crippen LogP contribution in [0.15, 0.2) is 46.3 Å². The van der Waals surface area contributed by atoms with Crippen LogP contribution >= 0.6 is 11.3 Å². The van der Waals surface area contributed by atoms with Crippen molar-refractivity contribution in [3.8, 4) is 11.6 Å². The van der Waals surface area contributed by atoms with Gasteiger partial charge in [0.05, 0.1) is 5.56 Å². The summed E-state index contributed by atoms with van der Waals surface area (Å²) < 4.78 is 6.07. The largest absolute Gasteiger partial charge is 0.419 e. The predicted molar refractivity (Wildman–Crippen MR) is 126 cm³/mol. The Balaban J connectivity index is 1.19. The molecule has 7 heteroatoms. The third-order valence-corrected chi connectivity index (χ3v) is 7.61. The highest BCUT2D eigenvalue weighted by Crippen LogP contribution is 2.36. The monoisotopic (exact) mass is 446 g/mol. The maximum absolute atomic E-state index is 12.5. The number of aryl methyl sites for hydroxylation is 1. The van der Waals surface area contributed by atoms with E-state index in [0.717, 1.165) is 59.8 Å². The second-order valence-electron chi connectivity index (χ2n) is 8.58. The summed E-state index contributed by atoms with van der Waals surface area (Å²) in [4.78, 5) is 18.2. The van der Waals surface area contributed by atoms with Gasteiger partial charge in [-0.1, -0.05) is 24.3 Å². The van der Waals surface area contributed by atoms with Gasteiger partial charge in [0.25, 0.3) is 11.8 Å². The van der Waals surface area contributed by atoms with Crippen LogP contribution in [0.4, 0.5) is 0 Å². The highest BCUT2D eigenvalue weighted by Gasteiger charge is 2.27. The molecule has 0 spiro atoms. The first-order valence-electron chi connectivity index (χ1n) is 11.1. The molecular formula is C25H26N4O2S. The van der Waals surface area contributed by atoms with Gasteiger partial charge >= 0.3 is 0 Å². The summed E-state index contributed by atoms with van der Waals surface area (Å²) in [5, 5.41) is 15.8. The van der Waals surface area contributed by atoms with Crippen molar-refractivity contribution in [1.29, 1.82) is 0 Å². The van der Waals surface area contributed by atoms with Crippen molar-refractivity contribution >= 4 is 28.0 Å². The normalized spacial score (nSPS) is 18.7. The molecule has 6 nitrogen and oxygen atoms in total. The minimum atomic E-state index is 0.0399. The lowest BCUT2D eigenvalue weighted by Crippen LogP contribution is -2.31. The van der Waals surface area contributed by atoms with Gasteiger partial charge < -0.3 is 9.73 Å². The van der Waals surface area contributed by atoms with E-state index < -0.39 is 0 Å². The SMILES string of the molecule is Cc1scc(C(=O)NCC2CCC(c3nnc(-c4nccc5ccccc45)o3)CC2)c1C. The van der Waals surface area contributed by atoms with Gasteiger partial charge in [-0.3, -0.25) is 9.78 Å². The Bertz CT molecular complexity index is 1250. The van der Waals surface area contributed by atoms with Crippen LogP contribution in [0, 0.1) is 19.8 Å². The predicted octanol–water partition coefficient (Wildman–Crippen LogP) is 5.67. The average Bonchev–Trinajstić information content (AvgIpc) is 3.45. The molecule has 1 fully saturated rings. The third kappa shape index (κ3) is 4.05. The van der Waals surface area contributed by atoms with Crippen LogP contribution in [0.2, 0.25) is 0 Å². The Morgan fingerprint density at radius 1 is 1.12 bits per heavy atom. The first kappa shape index (κ1) is 20.8. The molecule has 1 N–H and O–H groups in total. The molecule has 0 saturated heterocycles. The number of benzene rings is 1. The first-order valence-corrected chi connectivity index (χ1v) is 12.0. The summed E-state index contributed by atoms with van der Waals surface area (Å²) in [5.74, 6) is 1.96. The van der Waals surface area contributed by atoms with Crippen LogP contribution in [0.25, 0.3) is 22.4 Å². The molecule has 0 bridgehead atoms. The van der Waals surface area contributed by atoms with Gasteiger partial charge in [0, 0.05) is 34.3 Å². The van der Waals surface area contributed by atoms with Crippen LogP contribution in [-0.2, 0) is 0 Å². The number of amides is 1. The number of nitrogens with one attached hydrogen (secondary N) is 1. The topological polar surface area (TPSA) is 80.9 Å². The lowest BCUT2D eigenvalue weighted by molar-refractivity contribution is 0.0942. The molecule has 1 saturated carbocycles. The molecule has 1 aromatic carbocycles. The van der Waals surface area contributed by atoms with E-state index in [1.807, 2.05) is 36.6 Å². The van der Waals surface area contributed by atoms with Crippen LogP contribution in [0.1, 0.15) is 58.3 Å². The molecule has 32 heavy (non-hydrogen) atoms. The molecule has 1 aliphatic carbocycles. The molecule has 3 heterocycles. The van der Waals surface area contributed by atoms with E-state index in [1.165, 1.54) is 4.88 Å². The summed E-state index contributed by atoms with van der Waals surface area (Å²) in [7, 11) is 0. The fraction of sp³-hybridized carbons (Fsp3) is 0.360. The maximum atomic E-state index is 12.5. The van der Waals surface area contributed by atoms with Crippen molar-refractivity contribution in [2.24, 2.45) is 5.92 Å². The Morgan fingerprint density at radius 2 is 1.94 bits per heavy atom. The number of carbonyl (C=O) groups is 1. The number of fused-ring (bicyclic) bond motifs is 1. The quantitative estimate of drug-likeness (QED) is 0.427. The van der Waals surface area contributed by atoms with Crippen LogP contribution in [0.3, 0.4) is 0 Å². The summed E-state index contributed by atoms with van der Waals surface area (Å²) >= 11 is 1.63. The molecule has 164 valence electrons. The molecule has 0 atom stereocenters. The van der Waals surface area contributed by atoms with Crippen molar-refractivity contribution in [3.63, 3.8) is 0 Å². The van der Waals surface area contributed by atoms with Gasteiger partial charge in [-0.15, -0.1) is 21.5 Å². The number of nitrogens with zero attached hydrogens (tertiary/aromatic N) is 3. The zero-order chi connectivity index (χ0) is 22.1. The Kier molecular flexibility index (Phi) is 5.74. The number of hydrogen-bond donors (Lipinski definition) is 1. The molecule has 1 aliphatic rings.